The summed E-state index contributed by atoms with van der Waals surface area (Å²) in [5.74, 6) is 0.937. The topological polar surface area (TPSA) is 33.2 Å². The molecule has 2 aliphatic rings. The zero-order chi connectivity index (χ0) is 16.1. The van der Waals surface area contributed by atoms with Crippen LogP contribution >= 0.6 is 0 Å². The van der Waals surface area contributed by atoms with Gasteiger partial charge < -0.3 is 4.90 Å². The van der Waals surface area contributed by atoms with Crippen molar-refractivity contribution in [3.63, 3.8) is 0 Å². The van der Waals surface area contributed by atoms with E-state index in [0.717, 1.165) is 34.3 Å². The Balaban J connectivity index is 1.85. The average Bonchev–Trinajstić information content (AvgIpc) is 2.83. The van der Waals surface area contributed by atoms with Gasteiger partial charge in [0.15, 0.2) is 0 Å². The van der Waals surface area contributed by atoms with Gasteiger partial charge in [-0.3, -0.25) is 9.78 Å². The fourth-order valence-electron chi connectivity index (χ4n) is 4.40. The Morgan fingerprint density at radius 3 is 2.83 bits per heavy atom. The van der Waals surface area contributed by atoms with Crippen LogP contribution < -0.4 is 0 Å². The van der Waals surface area contributed by atoms with Crippen molar-refractivity contribution in [2.75, 3.05) is 6.54 Å². The second-order valence-corrected chi connectivity index (χ2v) is 7.36. The molecule has 3 heteroatoms. The molecular formula is C20H24N2O. The Kier molecular flexibility index (Phi) is 3.40. The van der Waals surface area contributed by atoms with Crippen LogP contribution in [0.15, 0.2) is 18.2 Å². The van der Waals surface area contributed by atoms with Crippen LogP contribution in [0.3, 0.4) is 0 Å². The molecule has 3 nitrogen and oxygen atoms in total. The molecule has 0 spiro atoms. The van der Waals surface area contributed by atoms with Crippen LogP contribution in [0.5, 0.6) is 0 Å². The van der Waals surface area contributed by atoms with E-state index in [1.54, 1.807) is 0 Å². The molecule has 120 valence electrons. The minimum Gasteiger partial charge on any atom is -0.335 e. The number of hydrogen-bond donors (Lipinski definition) is 0. The molecule has 1 aliphatic heterocycles. The van der Waals surface area contributed by atoms with E-state index in [1.165, 1.54) is 31.2 Å². The number of rotatable bonds is 1. The van der Waals surface area contributed by atoms with Crippen LogP contribution in [-0.2, 0) is 0 Å². The molecule has 4 rings (SSSR count). The third-order valence-corrected chi connectivity index (χ3v) is 5.75. The molecule has 1 saturated heterocycles. The molecule has 1 saturated carbocycles. The van der Waals surface area contributed by atoms with Crippen LogP contribution in [0.4, 0.5) is 0 Å². The first-order valence-corrected chi connectivity index (χ1v) is 8.73. The van der Waals surface area contributed by atoms with E-state index in [1.807, 2.05) is 19.9 Å². The number of nitrogens with zero attached hydrogens (tertiary/aromatic N) is 2. The highest BCUT2D eigenvalue weighted by atomic mass is 16.2. The first kappa shape index (κ1) is 14.7. The molecule has 0 N–H and O–H groups in total. The number of carbonyl (C=O) groups excluding carboxylic acids is 1. The monoisotopic (exact) mass is 308 g/mol. The van der Waals surface area contributed by atoms with Gasteiger partial charge >= 0.3 is 0 Å². The predicted octanol–water partition coefficient (Wildman–Crippen LogP) is 4.17. The quantitative estimate of drug-likeness (QED) is 0.792. The number of fused-ring (bicyclic) bond motifs is 3. The number of hydrogen-bond acceptors (Lipinski definition) is 2. The molecule has 2 fully saturated rings. The summed E-state index contributed by atoms with van der Waals surface area (Å²) in [5, 5.41) is 1.01. The van der Waals surface area contributed by atoms with Gasteiger partial charge in [0.2, 0.25) is 0 Å². The van der Waals surface area contributed by atoms with Crippen molar-refractivity contribution in [2.24, 2.45) is 5.92 Å². The average molecular weight is 308 g/mol. The standard InChI is InChI=1S/C20H24N2O/c1-12-7-8-18-17(9-12)19(13(2)14(3)21-18)20(23)22-11-15-5-4-6-16(22)10-15/h7-9,15-16H,4-6,10-11H2,1-3H3/t15-,16+/m1/s1. The van der Waals surface area contributed by atoms with Crippen molar-refractivity contribution in [2.45, 2.75) is 52.5 Å². The number of carbonyl (C=O) groups is 1. The van der Waals surface area contributed by atoms with Gasteiger partial charge in [0.05, 0.1) is 11.1 Å². The summed E-state index contributed by atoms with van der Waals surface area (Å²) in [4.78, 5) is 20.2. The molecule has 23 heavy (non-hydrogen) atoms. The number of aryl methyl sites for hydroxylation is 2. The molecule has 2 aromatic rings. The zero-order valence-corrected chi connectivity index (χ0v) is 14.2. The second kappa shape index (κ2) is 5.33. The number of likely N-dealkylation sites (tertiary alicyclic amines) is 1. The van der Waals surface area contributed by atoms with Crippen molar-refractivity contribution >= 4 is 16.8 Å². The van der Waals surface area contributed by atoms with Crippen LogP contribution in [0, 0.1) is 26.7 Å². The fraction of sp³-hybridized carbons (Fsp3) is 0.500. The largest absolute Gasteiger partial charge is 0.335 e. The first-order chi connectivity index (χ1) is 11.0. The second-order valence-electron chi connectivity index (χ2n) is 7.36. The number of benzene rings is 1. The molecule has 1 amide bonds. The van der Waals surface area contributed by atoms with E-state index in [-0.39, 0.29) is 5.91 Å². The summed E-state index contributed by atoms with van der Waals surface area (Å²) in [6, 6.07) is 6.68. The SMILES string of the molecule is Cc1ccc2nc(C)c(C)c(C(=O)N3C[C@@H]4CCC[C@H]3C4)c2c1. The van der Waals surface area contributed by atoms with Gasteiger partial charge in [-0.25, -0.2) is 0 Å². The van der Waals surface area contributed by atoms with Crippen molar-refractivity contribution < 1.29 is 4.79 Å². The zero-order valence-electron chi connectivity index (χ0n) is 14.2. The summed E-state index contributed by atoms with van der Waals surface area (Å²) >= 11 is 0. The normalized spacial score (nSPS) is 23.5. The number of aromatic nitrogens is 1. The van der Waals surface area contributed by atoms with E-state index in [2.05, 4.69) is 28.9 Å². The van der Waals surface area contributed by atoms with Crippen LogP contribution in [-0.4, -0.2) is 28.4 Å². The third-order valence-electron chi connectivity index (χ3n) is 5.75. The van der Waals surface area contributed by atoms with Crippen molar-refractivity contribution in [1.29, 1.82) is 0 Å². The molecular weight excluding hydrogens is 284 g/mol. The highest BCUT2D eigenvalue weighted by Gasteiger charge is 2.38. The van der Waals surface area contributed by atoms with Gasteiger partial charge in [0, 0.05) is 23.7 Å². The lowest BCUT2D eigenvalue weighted by Gasteiger charge is -2.26. The Morgan fingerprint density at radius 2 is 2.04 bits per heavy atom. The Labute approximate surface area is 137 Å². The van der Waals surface area contributed by atoms with Crippen LogP contribution in [0.2, 0.25) is 0 Å². The van der Waals surface area contributed by atoms with E-state index in [4.69, 9.17) is 0 Å². The lowest BCUT2D eigenvalue weighted by molar-refractivity contribution is 0.0734. The molecule has 2 bridgehead atoms. The van der Waals surface area contributed by atoms with E-state index < -0.39 is 0 Å². The number of amides is 1. The highest BCUT2D eigenvalue weighted by Crippen LogP contribution is 2.37. The fourth-order valence-corrected chi connectivity index (χ4v) is 4.40. The maximum atomic E-state index is 13.4. The summed E-state index contributed by atoms with van der Waals surface area (Å²) in [7, 11) is 0. The summed E-state index contributed by atoms with van der Waals surface area (Å²) in [5.41, 5.74) is 4.99. The van der Waals surface area contributed by atoms with Crippen molar-refractivity contribution in [1.82, 2.24) is 9.88 Å². The molecule has 1 aliphatic carbocycles. The summed E-state index contributed by atoms with van der Waals surface area (Å²) in [6.45, 7) is 7.07. The van der Waals surface area contributed by atoms with Gasteiger partial charge in [-0.2, -0.15) is 0 Å². The van der Waals surface area contributed by atoms with E-state index in [0.29, 0.717) is 12.0 Å². The predicted molar refractivity (Wildman–Crippen MR) is 92.7 cm³/mol. The summed E-state index contributed by atoms with van der Waals surface area (Å²) < 4.78 is 0. The first-order valence-electron chi connectivity index (χ1n) is 8.73. The molecule has 1 aromatic heterocycles. The van der Waals surface area contributed by atoms with Gasteiger partial charge in [0.25, 0.3) is 5.91 Å². The smallest absolute Gasteiger partial charge is 0.255 e. The van der Waals surface area contributed by atoms with Crippen molar-refractivity contribution in [3.05, 3.63) is 40.6 Å². The van der Waals surface area contributed by atoms with Gasteiger partial charge in [-0.05, 0) is 63.6 Å². The Bertz CT molecular complexity index is 796. The Hall–Kier alpha value is -1.90. The summed E-state index contributed by atoms with van der Waals surface area (Å²) in [6.07, 6.45) is 4.93. The Morgan fingerprint density at radius 1 is 1.22 bits per heavy atom. The maximum Gasteiger partial charge on any atom is 0.255 e. The van der Waals surface area contributed by atoms with Crippen molar-refractivity contribution in [3.8, 4) is 0 Å². The molecule has 0 radical (unpaired) electrons. The van der Waals surface area contributed by atoms with Gasteiger partial charge in [-0.1, -0.05) is 18.1 Å². The lowest BCUT2D eigenvalue weighted by atomic mass is 9.90. The highest BCUT2D eigenvalue weighted by molar-refractivity contribution is 6.08. The molecule has 1 aromatic carbocycles. The lowest BCUT2D eigenvalue weighted by Crippen LogP contribution is -2.35. The minimum atomic E-state index is 0.220. The third kappa shape index (κ3) is 2.34. The number of pyridine rings is 1. The van der Waals surface area contributed by atoms with Crippen LogP contribution in [0.1, 0.15) is 52.9 Å². The van der Waals surface area contributed by atoms with E-state index in [9.17, 15) is 4.79 Å². The maximum absolute atomic E-state index is 13.4. The van der Waals surface area contributed by atoms with E-state index >= 15 is 0 Å². The van der Waals surface area contributed by atoms with Gasteiger partial charge in [0.1, 0.15) is 0 Å². The van der Waals surface area contributed by atoms with Gasteiger partial charge in [-0.15, -0.1) is 0 Å². The van der Waals surface area contributed by atoms with Crippen LogP contribution in [0.25, 0.3) is 10.9 Å². The minimum absolute atomic E-state index is 0.220. The molecule has 0 unspecified atom stereocenters. The molecule has 2 heterocycles. The molecule has 2 atom stereocenters.